The van der Waals surface area contributed by atoms with E-state index < -0.39 is 24.2 Å². The van der Waals surface area contributed by atoms with Gasteiger partial charge in [0.25, 0.3) is 0 Å². The molecule has 0 aromatic heterocycles. The van der Waals surface area contributed by atoms with E-state index in [9.17, 15) is 35.1 Å². The van der Waals surface area contributed by atoms with Crippen LogP contribution >= 0.6 is 0 Å². The lowest BCUT2D eigenvalue weighted by Crippen LogP contribution is -2.48. The van der Waals surface area contributed by atoms with Crippen LogP contribution < -0.4 is 0 Å². The molecule has 0 heterocycles. The molecule has 1 unspecified atom stereocenters. The fourth-order valence-electron chi connectivity index (χ4n) is 0.403. The second-order valence-electron chi connectivity index (χ2n) is 2.21. The van der Waals surface area contributed by atoms with E-state index in [0.717, 1.165) is 0 Å². The molecule has 0 spiro atoms. The molecular weight excluding hydrogens is 212 g/mol. The monoisotopic (exact) mass is 215 g/mol. The van der Waals surface area contributed by atoms with Gasteiger partial charge in [0.05, 0.1) is 0 Å². The fourth-order valence-corrected chi connectivity index (χ4v) is 0.403. The number of rotatable bonds is 1. The maximum Gasteiger partial charge on any atom is 0.453 e. The standard InChI is InChI=1S/C5H3F8/c1-2(4(8,9)10)3(6,7)5(11,12)13/h2H,1H2. The Morgan fingerprint density at radius 3 is 1.15 bits per heavy atom. The minimum atomic E-state index is -6.24. The predicted octanol–water partition coefficient (Wildman–Crippen LogP) is 3.20. The fraction of sp³-hybridized carbons (Fsp3) is 0.800. The lowest BCUT2D eigenvalue weighted by atomic mass is 10.0. The Morgan fingerprint density at radius 2 is 1.08 bits per heavy atom. The Morgan fingerprint density at radius 1 is 0.769 bits per heavy atom. The molecule has 0 amide bonds. The maximum absolute atomic E-state index is 11.9. The van der Waals surface area contributed by atoms with Gasteiger partial charge in [-0.3, -0.25) is 0 Å². The first-order valence-electron chi connectivity index (χ1n) is 2.75. The van der Waals surface area contributed by atoms with Crippen LogP contribution in [0.3, 0.4) is 0 Å². The molecular formula is C5H3F8. The summed E-state index contributed by atoms with van der Waals surface area (Å²) in [5, 5.41) is 0. The van der Waals surface area contributed by atoms with Gasteiger partial charge in [0, 0.05) is 0 Å². The zero-order chi connectivity index (χ0) is 11.1. The van der Waals surface area contributed by atoms with Gasteiger partial charge in [0.15, 0.2) is 0 Å². The number of hydrogen-bond donors (Lipinski definition) is 0. The van der Waals surface area contributed by atoms with Crippen molar-refractivity contribution in [1.82, 2.24) is 0 Å². The first-order valence-corrected chi connectivity index (χ1v) is 2.75. The van der Waals surface area contributed by atoms with Gasteiger partial charge in [-0.1, -0.05) is 0 Å². The molecule has 0 aliphatic heterocycles. The van der Waals surface area contributed by atoms with Crippen LogP contribution in [0.25, 0.3) is 0 Å². The third kappa shape index (κ3) is 2.44. The summed E-state index contributed by atoms with van der Waals surface area (Å²) in [5.41, 5.74) is 0. The van der Waals surface area contributed by atoms with Crippen LogP contribution in [0.1, 0.15) is 0 Å². The summed E-state index contributed by atoms with van der Waals surface area (Å²) in [6, 6.07) is 0. The van der Waals surface area contributed by atoms with E-state index in [4.69, 9.17) is 0 Å². The quantitative estimate of drug-likeness (QED) is 0.589. The van der Waals surface area contributed by atoms with E-state index in [1.165, 1.54) is 0 Å². The minimum absolute atomic E-state index is 1.75. The zero-order valence-corrected chi connectivity index (χ0v) is 5.81. The van der Waals surface area contributed by atoms with E-state index in [1.54, 1.807) is 6.92 Å². The van der Waals surface area contributed by atoms with Crippen molar-refractivity contribution in [2.24, 2.45) is 5.92 Å². The molecule has 13 heavy (non-hydrogen) atoms. The summed E-state index contributed by atoms with van der Waals surface area (Å²) in [5.74, 6) is -9.84. The molecule has 0 bridgehead atoms. The van der Waals surface area contributed by atoms with E-state index in [0.29, 0.717) is 0 Å². The van der Waals surface area contributed by atoms with Gasteiger partial charge in [-0.15, -0.1) is 0 Å². The lowest BCUT2D eigenvalue weighted by Gasteiger charge is -2.27. The van der Waals surface area contributed by atoms with E-state index in [1.807, 2.05) is 0 Å². The molecule has 1 atom stereocenters. The van der Waals surface area contributed by atoms with Crippen LogP contribution in [0.15, 0.2) is 0 Å². The number of halogens is 8. The zero-order valence-electron chi connectivity index (χ0n) is 5.81. The molecule has 0 aliphatic rings. The molecule has 0 nitrogen and oxygen atoms in total. The summed E-state index contributed by atoms with van der Waals surface area (Å²) in [6.07, 6.45) is -11.9. The van der Waals surface area contributed by atoms with Gasteiger partial charge in [0.2, 0.25) is 0 Å². The Hall–Kier alpha value is -0.560. The summed E-state index contributed by atoms with van der Waals surface area (Å²) in [4.78, 5) is 0. The van der Waals surface area contributed by atoms with Gasteiger partial charge in [-0.2, -0.15) is 35.1 Å². The highest BCUT2D eigenvalue weighted by Crippen LogP contribution is 2.46. The summed E-state index contributed by atoms with van der Waals surface area (Å²) < 4.78 is 92.1. The summed E-state index contributed by atoms with van der Waals surface area (Å²) in [6.45, 7) is 1.75. The molecule has 1 radical (unpaired) electrons. The first kappa shape index (κ1) is 12.4. The van der Waals surface area contributed by atoms with Crippen LogP contribution in [-0.4, -0.2) is 18.3 Å². The van der Waals surface area contributed by atoms with E-state index in [-0.39, 0.29) is 0 Å². The van der Waals surface area contributed by atoms with Crippen LogP contribution in [0.5, 0.6) is 0 Å². The van der Waals surface area contributed by atoms with Crippen molar-refractivity contribution in [2.45, 2.75) is 18.3 Å². The molecule has 0 aliphatic carbocycles. The average molecular weight is 215 g/mol. The predicted molar refractivity (Wildman–Crippen MR) is 25.9 cm³/mol. The molecule has 0 saturated heterocycles. The average Bonchev–Trinajstić information content (AvgIpc) is 1.81. The smallest absolute Gasteiger partial charge is 0.196 e. The number of alkyl halides is 8. The Kier molecular flexibility index (Phi) is 2.86. The van der Waals surface area contributed by atoms with Crippen molar-refractivity contribution in [2.75, 3.05) is 0 Å². The highest BCUT2D eigenvalue weighted by Gasteiger charge is 2.67. The van der Waals surface area contributed by atoms with Crippen LogP contribution in [0.4, 0.5) is 35.1 Å². The van der Waals surface area contributed by atoms with Gasteiger partial charge in [0.1, 0.15) is 5.92 Å². The summed E-state index contributed by atoms with van der Waals surface area (Å²) in [7, 11) is 0. The van der Waals surface area contributed by atoms with Gasteiger partial charge >= 0.3 is 18.3 Å². The van der Waals surface area contributed by atoms with E-state index >= 15 is 0 Å². The third-order valence-electron chi connectivity index (χ3n) is 1.21. The Bertz CT molecular complexity index is 174. The first-order chi connectivity index (χ1) is 5.40. The van der Waals surface area contributed by atoms with Crippen molar-refractivity contribution < 1.29 is 35.1 Å². The highest BCUT2D eigenvalue weighted by atomic mass is 19.4. The molecule has 0 N–H and O–H groups in total. The Labute approximate surface area is 67.5 Å². The molecule has 0 fully saturated rings. The molecule has 0 aromatic rings. The second-order valence-corrected chi connectivity index (χ2v) is 2.21. The molecule has 0 saturated carbocycles. The van der Waals surface area contributed by atoms with E-state index in [2.05, 4.69) is 0 Å². The normalized spacial score (nSPS) is 17.3. The largest absolute Gasteiger partial charge is 0.453 e. The maximum atomic E-state index is 11.9. The van der Waals surface area contributed by atoms with Crippen LogP contribution in [0, 0.1) is 12.8 Å². The SMILES string of the molecule is [CH2]C(C(F)(F)F)C(F)(F)C(F)(F)F. The van der Waals surface area contributed by atoms with Crippen LogP contribution in [-0.2, 0) is 0 Å². The second kappa shape index (κ2) is 2.98. The number of hydrogen-bond acceptors (Lipinski definition) is 0. The lowest BCUT2D eigenvalue weighted by molar-refractivity contribution is -0.336. The van der Waals surface area contributed by atoms with Crippen molar-refractivity contribution in [3.8, 4) is 0 Å². The molecule has 0 rings (SSSR count). The highest BCUT2D eigenvalue weighted by molar-refractivity contribution is 4.89. The minimum Gasteiger partial charge on any atom is -0.196 e. The van der Waals surface area contributed by atoms with Crippen molar-refractivity contribution in [1.29, 1.82) is 0 Å². The third-order valence-corrected chi connectivity index (χ3v) is 1.21. The summed E-state index contributed by atoms with van der Waals surface area (Å²) >= 11 is 0. The van der Waals surface area contributed by atoms with Crippen molar-refractivity contribution in [3.63, 3.8) is 0 Å². The van der Waals surface area contributed by atoms with Crippen LogP contribution in [0.2, 0.25) is 0 Å². The topological polar surface area (TPSA) is 0 Å². The van der Waals surface area contributed by atoms with Crippen molar-refractivity contribution >= 4 is 0 Å². The van der Waals surface area contributed by atoms with Gasteiger partial charge < -0.3 is 0 Å². The molecule has 8 heteroatoms. The molecule has 79 valence electrons. The molecule has 0 aromatic carbocycles. The Balaban J connectivity index is 4.86. The van der Waals surface area contributed by atoms with Gasteiger partial charge in [-0.05, 0) is 6.92 Å². The van der Waals surface area contributed by atoms with Crippen molar-refractivity contribution in [3.05, 3.63) is 6.92 Å². The van der Waals surface area contributed by atoms with Gasteiger partial charge in [-0.25, -0.2) is 0 Å².